The van der Waals surface area contributed by atoms with E-state index in [9.17, 15) is 4.79 Å². The summed E-state index contributed by atoms with van der Waals surface area (Å²) in [6.45, 7) is 7.34. The highest BCUT2D eigenvalue weighted by Gasteiger charge is 2.16. The van der Waals surface area contributed by atoms with Crippen LogP contribution >= 0.6 is 0 Å². The number of amides is 1. The molecular weight excluding hydrogens is 378 g/mol. The lowest BCUT2D eigenvalue weighted by Crippen LogP contribution is -2.47. The maximum absolute atomic E-state index is 11.6. The molecule has 1 saturated heterocycles. The molecule has 2 aromatic carbocycles. The number of carbonyl (C=O) groups is 1. The average molecular weight is 408 g/mol. The molecule has 0 spiro atoms. The molecular formula is C23H29N5O2. The predicted molar refractivity (Wildman–Crippen MR) is 121 cm³/mol. The van der Waals surface area contributed by atoms with Crippen LogP contribution in [0, 0.1) is 0 Å². The van der Waals surface area contributed by atoms with Crippen LogP contribution < -0.4 is 25.6 Å². The standard InChI is InChI=1S/C23H29N5O2/c1-3-14-30-21-7-5-4-6-19(21)16-27-23(24-2)26-15-18-8-10-20(11-9-18)28-13-12-25-22(29)17-28/h3-11H,1,12-17H2,2H3,(H,25,29)(H2,24,26,27). The number of anilines is 1. The summed E-state index contributed by atoms with van der Waals surface area (Å²) in [4.78, 5) is 17.9. The molecule has 0 saturated carbocycles. The molecule has 3 rings (SSSR count). The first-order valence-electron chi connectivity index (χ1n) is 10.1. The Kier molecular flexibility index (Phi) is 7.71. The smallest absolute Gasteiger partial charge is 0.239 e. The van der Waals surface area contributed by atoms with E-state index in [1.165, 1.54) is 0 Å². The minimum Gasteiger partial charge on any atom is -0.489 e. The SMILES string of the molecule is C=CCOc1ccccc1CNC(=NC)NCc1ccc(N2CCNC(=O)C2)cc1. The van der Waals surface area contributed by atoms with E-state index in [0.29, 0.717) is 38.7 Å². The number of piperazine rings is 1. The van der Waals surface area contributed by atoms with Crippen LogP contribution in [0.5, 0.6) is 5.75 Å². The zero-order valence-corrected chi connectivity index (χ0v) is 17.4. The van der Waals surface area contributed by atoms with Gasteiger partial charge >= 0.3 is 0 Å². The highest BCUT2D eigenvalue weighted by Crippen LogP contribution is 2.18. The fraction of sp³-hybridized carbons (Fsp3) is 0.304. The van der Waals surface area contributed by atoms with Crippen LogP contribution in [-0.4, -0.2) is 45.2 Å². The lowest BCUT2D eigenvalue weighted by atomic mass is 10.2. The van der Waals surface area contributed by atoms with Gasteiger partial charge < -0.3 is 25.6 Å². The molecule has 158 valence electrons. The van der Waals surface area contributed by atoms with Gasteiger partial charge in [0.15, 0.2) is 5.96 Å². The third-order valence-electron chi connectivity index (χ3n) is 4.80. The van der Waals surface area contributed by atoms with Gasteiger partial charge in [0.25, 0.3) is 0 Å². The number of hydrogen-bond acceptors (Lipinski definition) is 4. The second kappa shape index (κ2) is 10.9. The second-order valence-electron chi connectivity index (χ2n) is 6.92. The summed E-state index contributed by atoms with van der Waals surface area (Å²) in [7, 11) is 1.75. The van der Waals surface area contributed by atoms with Gasteiger partial charge in [-0.05, 0) is 23.8 Å². The van der Waals surface area contributed by atoms with E-state index in [1.807, 2.05) is 24.3 Å². The summed E-state index contributed by atoms with van der Waals surface area (Å²) in [6.07, 6.45) is 1.73. The lowest BCUT2D eigenvalue weighted by molar-refractivity contribution is -0.120. The van der Waals surface area contributed by atoms with Crippen LogP contribution in [0.15, 0.2) is 66.2 Å². The largest absolute Gasteiger partial charge is 0.489 e. The number of nitrogens with one attached hydrogen (secondary N) is 3. The van der Waals surface area contributed by atoms with Crippen molar-refractivity contribution in [2.45, 2.75) is 13.1 Å². The molecule has 3 N–H and O–H groups in total. The Balaban J connectivity index is 1.51. The molecule has 7 nitrogen and oxygen atoms in total. The van der Waals surface area contributed by atoms with Crippen molar-refractivity contribution in [3.63, 3.8) is 0 Å². The zero-order chi connectivity index (χ0) is 21.2. The Morgan fingerprint density at radius 3 is 2.70 bits per heavy atom. The first-order chi connectivity index (χ1) is 14.7. The van der Waals surface area contributed by atoms with E-state index in [0.717, 1.165) is 29.1 Å². The molecule has 1 fully saturated rings. The van der Waals surface area contributed by atoms with Crippen molar-refractivity contribution < 1.29 is 9.53 Å². The quantitative estimate of drug-likeness (QED) is 0.355. The number of para-hydroxylation sites is 1. The topological polar surface area (TPSA) is 78.0 Å². The third kappa shape index (κ3) is 6.01. The number of hydrogen-bond donors (Lipinski definition) is 3. The maximum atomic E-state index is 11.6. The molecule has 1 aliphatic heterocycles. The Morgan fingerprint density at radius 2 is 1.97 bits per heavy atom. The van der Waals surface area contributed by atoms with Gasteiger partial charge in [-0.3, -0.25) is 9.79 Å². The summed E-state index contributed by atoms with van der Waals surface area (Å²) in [5.74, 6) is 1.62. The number of nitrogens with zero attached hydrogens (tertiary/aromatic N) is 2. The first-order valence-corrected chi connectivity index (χ1v) is 10.1. The zero-order valence-electron chi connectivity index (χ0n) is 17.4. The first kappa shape index (κ1) is 21.2. The summed E-state index contributed by atoms with van der Waals surface area (Å²) in [5, 5.41) is 9.50. The van der Waals surface area contributed by atoms with E-state index in [1.54, 1.807) is 13.1 Å². The van der Waals surface area contributed by atoms with Gasteiger partial charge in [-0.15, -0.1) is 0 Å². The predicted octanol–water partition coefficient (Wildman–Crippen LogP) is 2.05. The highest BCUT2D eigenvalue weighted by molar-refractivity contribution is 5.82. The van der Waals surface area contributed by atoms with E-state index in [2.05, 4.69) is 56.7 Å². The highest BCUT2D eigenvalue weighted by atomic mass is 16.5. The van der Waals surface area contributed by atoms with Crippen molar-refractivity contribution in [1.29, 1.82) is 0 Å². The average Bonchev–Trinajstić information content (AvgIpc) is 2.79. The number of aliphatic imine (C=N–C) groups is 1. The van der Waals surface area contributed by atoms with Gasteiger partial charge in [0, 0.05) is 44.5 Å². The number of benzene rings is 2. The number of ether oxygens (including phenoxy) is 1. The van der Waals surface area contributed by atoms with Gasteiger partial charge in [0.05, 0.1) is 6.54 Å². The van der Waals surface area contributed by atoms with E-state index < -0.39 is 0 Å². The summed E-state index contributed by atoms with van der Waals surface area (Å²) < 4.78 is 5.70. The molecule has 1 heterocycles. The normalized spacial score (nSPS) is 14.1. The summed E-state index contributed by atoms with van der Waals surface area (Å²) >= 11 is 0. The third-order valence-corrected chi connectivity index (χ3v) is 4.80. The van der Waals surface area contributed by atoms with Gasteiger partial charge in [-0.2, -0.15) is 0 Å². The Morgan fingerprint density at radius 1 is 1.20 bits per heavy atom. The van der Waals surface area contributed by atoms with E-state index in [-0.39, 0.29) is 5.91 Å². The van der Waals surface area contributed by atoms with Crippen molar-refractivity contribution in [2.24, 2.45) is 4.99 Å². The van der Waals surface area contributed by atoms with Gasteiger partial charge in [0.2, 0.25) is 5.91 Å². The van der Waals surface area contributed by atoms with E-state index in [4.69, 9.17) is 4.74 Å². The van der Waals surface area contributed by atoms with Crippen LogP contribution in [-0.2, 0) is 17.9 Å². The maximum Gasteiger partial charge on any atom is 0.239 e. The Hall–Kier alpha value is -3.48. The van der Waals surface area contributed by atoms with Crippen molar-refractivity contribution in [3.05, 3.63) is 72.3 Å². The van der Waals surface area contributed by atoms with Crippen LogP contribution in [0.3, 0.4) is 0 Å². The van der Waals surface area contributed by atoms with Crippen molar-refractivity contribution in [1.82, 2.24) is 16.0 Å². The van der Waals surface area contributed by atoms with Crippen LogP contribution in [0.1, 0.15) is 11.1 Å². The fourth-order valence-corrected chi connectivity index (χ4v) is 3.21. The van der Waals surface area contributed by atoms with Gasteiger partial charge in [-0.25, -0.2) is 0 Å². The monoisotopic (exact) mass is 407 g/mol. The molecule has 7 heteroatoms. The summed E-state index contributed by atoms with van der Waals surface area (Å²) in [5.41, 5.74) is 3.25. The number of rotatable bonds is 8. The lowest BCUT2D eigenvalue weighted by Gasteiger charge is -2.28. The minimum absolute atomic E-state index is 0.0679. The Bertz CT molecular complexity index is 879. The van der Waals surface area contributed by atoms with Crippen LogP contribution in [0.25, 0.3) is 0 Å². The molecule has 0 radical (unpaired) electrons. The van der Waals surface area contributed by atoms with E-state index >= 15 is 0 Å². The molecule has 1 aliphatic rings. The molecule has 0 unspecified atom stereocenters. The molecule has 0 atom stereocenters. The van der Waals surface area contributed by atoms with Gasteiger partial charge in [0.1, 0.15) is 12.4 Å². The summed E-state index contributed by atoms with van der Waals surface area (Å²) in [6, 6.07) is 16.2. The number of guanidine groups is 1. The van der Waals surface area contributed by atoms with Crippen molar-refractivity contribution in [3.8, 4) is 5.75 Å². The molecule has 30 heavy (non-hydrogen) atoms. The second-order valence-corrected chi connectivity index (χ2v) is 6.92. The molecule has 1 amide bonds. The number of carbonyl (C=O) groups excluding carboxylic acids is 1. The molecule has 0 aromatic heterocycles. The van der Waals surface area contributed by atoms with Crippen LogP contribution in [0.2, 0.25) is 0 Å². The fourth-order valence-electron chi connectivity index (χ4n) is 3.21. The van der Waals surface area contributed by atoms with Crippen molar-refractivity contribution >= 4 is 17.6 Å². The minimum atomic E-state index is 0.0679. The van der Waals surface area contributed by atoms with Crippen LogP contribution in [0.4, 0.5) is 5.69 Å². The molecule has 0 bridgehead atoms. The van der Waals surface area contributed by atoms with Gasteiger partial charge in [-0.1, -0.05) is 43.0 Å². The van der Waals surface area contributed by atoms with Crippen molar-refractivity contribution in [2.75, 3.05) is 38.2 Å². The Labute approximate surface area is 177 Å². The molecule has 2 aromatic rings. The molecule has 0 aliphatic carbocycles.